The Morgan fingerprint density at radius 3 is 2.57 bits per heavy atom. The Morgan fingerprint density at radius 1 is 1.36 bits per heavy atom. The maximum Gasteiger partial charge on any atom is 0.0620 e. The molecule has 0 heterocycles. The molecule has 0 radical (unpaired) electrons. The van der Waals surface area contributed by atoms with Gasteiger partial charge in [-0.3, -0.25) is 0 Å². The number of aliphatic hydroxyl groups is 2. The molecule has 0 aliphatic heterocycles. The summed E-state index contributed by atoms with van der Waals surface area (Å²) in [6.07, 6.45) is 4.43. The van der Waals surface area contributed by atoms with E-state index in [0.29, 0.717) is 11.8 Å². The van der Waals surface area contributed by atoms with Gasteiger partial charge in [0.15, 0.2) is 0 Å². The summed E-state index contributed by atoms with van der Waals surface area (Å²) in [5.74, 6) is 1.00. The van der Waals surface area contributed by atoms with Crippen LogP contribution in [0.1, 0.15) is 52.9 Å². The van der Waals surface area contributed by atoms with E-state index in [-0.39, 0.29) is 6.10 Å². The Labute approximate surface area is 87.3 Å². The van der Waals surface area contributed by atoms with Crippen molar-refractivity contribution >= 4 is 0 Å². The van der Waals surface area contributed by atoms with Crippen molar-refractivity contribution in [2.75, 3.05) is 0 Å². The van der Waals surface area contributed by atoms with Gasteiger partial charge < -0.3 is 10.2 Å². The van der Waals surface area contributed by atoms with Crippen molar-refractivity contribution in [3.63, 3.8) is 0 Å². The van der Waals surface area contributed by atoms with Crippen LogP contribution in [-0.4, -0.2) is 21.9 Å². The van der Waals surface area contributed by atoms with Gasteiger partial charge in [0, 0.05) is 0 Å². The first kappa shape index (κ1) is 12.0. The topological polar surface area (TPSA) is 40.5 Å². The van der Waals surface area contributed by atoms with Crippen LogP contribution in [0.3, 0.4) is 0 Å². The van der Waals surface area contributed by atoms with E-state index in [9.17, 15) is 10.2 Å². The predicted molar refractivity (Wildman–Crippen MR) is 58.0 cm³/mol. The number of hydrogen-bond acceptors (Lipinski definition) is 2. The van der Waals surface area contributed by atoms with Crippen molar-refractivity contribution in [3.05, 3.63) is 0 Å². The molecule has 1 aliphatic carbocycles. The molecule has 84 valence electrons. The second kappa shape index (κ2) is 4.63. The van der Waals surface area contributed by atoms with Gasteiger partial charge >= 0.3 is 0 Å². The molecular formula is C12H24O2. The van der Waals surface area contributed by atoms with Crippen LogP contribution in [0.5, 0.6) is 0 Å². The van der Waals surface area contributed by atoms with Crippen LogP contribution in [0.15, 0.2) is 0 Å². The molecule has 0 saturated heterocycles. The summed E-state index contributed by atoms with van der Waals surface area (Å²) in [5, 5.41) is 19.8. The molecule has 0 spiro atoms. The number of aliphatic hydroxyl groups excluding tert-OH is 1. The summed E-state index contributed by atoms with van der Waals surface area (Å²) in [5.41, 5.74) is -0.595. The van der Waals surface area contributed by atoms with E-state index in [4.69, 9.17) is 0 Å². The van der Waals surface area contributed by atoms with E-state index < -0.39 is 5.60 Å². The van der Waals surface area contributed by atoms with Crippen LogP contribution in [0.25, 0.3) is 0 Å². The van der Waals surface area contributed by atoms with Gasteiger partial charge in [0.1, 0.15) is 0 Å². The van der Waals surface area contributed by atoms with Gasteiger partial charge in [0.25, 0.3) is 0 Å². The second-order valence-electron chi connectivity index (χ2n) is 5.30. The van der Waals surface area contributed by atoms with Crippen molar-refractivity contribution in [3.8, 4) is 0 Å². The fourth-order valence-electron chi connectivity index (χ4n) is 2.41. The zero-order valence-corrected chi connectivity index (χ0v) is 9.66. The first-order valence-corrected chi connectivity index (χ1v) is 5.85. The highest BCUT2D eigenvalue weighted by Gasteiger charge is 2.32. The van der Waals surface area contributed by atoms with Crippen LogP contribution in [0.2, 0.25) is 0 Å². The van der Waals surface area contributed by atoms with Crippen molar-refractivity contribution in [2.24, 2.45) is 11.8 Å². The summed E-state index contributed by atoms with van der Waals surface area (Å²) in [7, 11) is 0. The van der Waals surface area contributed by atoms with E-state index in [0.717, 1.165) is 32.1 Å². The molecule has 0 aromatic rings. The van der Waals surface area contributed by atoms with E-state index in [1.165, 1.54) is 0 Å². The number of rotatable bonds is 3. The predicted octanol–water partition coefficient (Wildman–Crippen LogP) is 2.33. The molecule has 2 heteroatoms. The van der Waals surface area contributed by atoms with E-state index in [2.05, 4.69) is 6.92 Å². The molecule has 1 fully saturated rings. The first-order valence-electron chi connectivity index (χ1n) is 5.85. The van der Waals surface area contributed by atoms with Gasteiger partial charge in [-0.2, -0.15) is 0 Å². The average molecular weight is 200 g/mol. The SMILES string of the molecule is CCC(C)(O)CC1CC(C)CCC1O. The fraction of sp³-hybridized carbons (Fsp3) is 1.00. The Morgan fingerprint density at radius 2 is 2.00 bits per heavy atom. The Hall–Kier alpha value is -0.0800. The summed E-state index contributed by atoms with van der Waals surface area (Å²) >= 11 is 0. The number of hydrogen-bond donors (Lipinski definition) is 2. The molecule has 4 unspecified atom stereocenters. The molecule has 0 bridgehead atoms. The summed E-state index contributed by atoms with van der Waals surface area (Å²) < 4.78 is 0. The van der Waals surface area contributed by atoms with E-state index >= 15 is 0 Å². The molecule has 2 N–H and O–H groups in total. The lowest BCUT2D eigenvalue weighted by molar-refractivity contribution is -0.0238. The molecule has 1 saturated carbocycles. The monoisotopic (exact) mass is 200 g/mol. The Balaban J connectivity index is 2.49. The quantitative estimate of drug-likeness (QED) is 0.734. The highest BCUT2D eigenvalue weighted by Crippen LogP contribution is 2.34. The molecule has 1 rings (SSSR count). The molecule has 1 aliphatic rings. The minimum atomic E-state index is -0.595. The third kappa shape index (κ3) is 3.25. The molecule has 0 amide bonds. The Bertz CT molecular complexity index is 177. The molecule has 14 heavy (non-hydrogen) atoms. The lowest BCUT2D eigenvalue weighted by Crippen LogP contribution is -2.35. The highest BCUT2D eigenvalue weighted by atomic mass is 16.3. The minimum Gasteiger partial charge on any atom is -0.393 e. The largest absolute Gasteiger partial charge is 0.393 e. The lowest BCUT2D eigenvalue weighted by Gasteiger charge is -2.36. The van der Waals surface area contributed by atoms with Gasteiger partial charge in [0.2, 0.25) is 0 Å². The van der Waals surface area contributed by atoms with E-state index in [1.54, 1.807) is 0 Å². The molecule has 0 aromatic heterocycles. The normalized spacial score (nSPS) is 37.9. The Kier molecular flexibility index (Phi) is 3.96. The smallest absolute Gasteiger partial charge is 0.0620 e. The third-order valence-corrected chi connectivity index (χ3v) is 3.67. The van der Waals surface area contributed by atoms with Gasteiger partial charge in [-0.15, -0.1) is 0 Å². The van der Waals surface area contributed by atoms with Crippen LogP contribution in [0.4, 0.5) is 0 Å². The maximum absolute atomic E-state index is 9.97. The zero-order valence-electron chi connectivity index (χ0n) is 9.66. The summed E-state index contributed by atoms with van der Waals surface area (Å²) in [4.78, 5) is 0. The van der Waals surface area contributed by atoms with Crippen LogP contribution >= 0.6 is 0 Å². The fourth-order valence-corrected chi connectivity index (χ4v) is 2.41. The van der Waals surface area contributed by atoms with Gasteiger partial charge in [-0.05, 0) is 50.9 Å². The van der Waals surface area contributed by atoms with Crippen LogP contribution in [-0.2, 0) is 0 Å². The second-order valence-corrected chi connectivity index (χ2v) is 5.30. The van der Waals surface area contributed by atoms with Gasteiger partial charge in [-0.25, -0.2) is 0 Å². The molecule has 2 nitrogen and oxygen atoms in total. The summed E-state index contributed by atoms with van der Waals surface area (Å²) in [6, 6.07) is 0. The van der Waals surface area contributed by atoms with Crippen molar-refractivity contribution in [2.45, 2.75) is 64.6 Å². The molecular weight excluding hydrogens is 176 g/mol. The maximum atomic E-state index is 9.97. The summed E-state index contributed by atoms with van der Waals surface area (Å²) in [6.45, 7) is 6.11. The van der Waals surface area contributed by atoms with Crippen molar-refractivity contribution in [1.29, 1.82) is 0 Å². The standard InChI is InChI=1S/C12H24O2/c1-4-12(3,14)8-10-7-9(2)5-6-11(10)13/h9-11,13-14H,4-8H2,1-3H3. The van der Waals surface area contributed by atoms with Gasteiger partial charge in [0.05, 0.1) is 11.7 Å². The molecule has 4 atom stereocenters. The van der Waals surface area contributed by atoms with E-state index in [1.807, 2.05) is 13.8 Å². The van der Waals surface area contributed by atoms with Gasteiger partial charge in [-0.1, -0.05) is 13.8 Å². The van der Waals surface area contributed by atoms with Crippen molar-refractivity contribution < 1.29 is 10.2 Å². The highest BCUT2D eigenvalue weighted by molar-refractivity contribution is 4.84. The van der Waals surface area contributed by atoms with Crippen molar-refractivity contribution in [1.82, 2.24) is 0 Å². The minimum absolute atomic E-state index is 0.191. The van der Waals surface area contributed by atoms with Crippen LogP contribution in [0, 0.1) is 11.8 Å². The lowest BCUT2D eigenvalue weighted by atomic mass is 9.75. The van der Waals surface area contributed by atoms with Crippen LogP contribution < -0.4 is 0 Å². The third-order valence-electron chi connectivity index (χ3n) is 3.67. The molecule has 0 aromatic carbocycles. The average Bonchev–Trinajstić information content (AvgIpc) is 2.11. The zero-order chi connectivity index (χ0) is 10.8. The first-order chi connectivity index (χ1) is 6.44.